The first kappa shape index (κ1) is 16.4. The first-order valence-corrected chi connectivity index (χ1v) is 9.75. The Kier molecular flexibility index (Phi) is 3.76. The number of aryl methyl sites for hydroxylation is 1. The molecule has 0 bridgehead atoms. The molecule has 2 heteroatoms. The third-order valence-electron chi connectivity index (χ3n) is 8.48. The molecule has 24 heavy (non-hydrogen) atoms. The summed E-state index contributed by atoms with van der Waals surface area (Å²) in [5.41, 5.74) is 4.02. The lowest BCUT2D eigenvalue weighted by atomic mass is 9.52. The smallest absolute Gasteiger partial charge is 0.119 e. The molecule has 3 aliphatic rings. The van der Waals surface area contributed by atoms with Crippen LogP contribution in [0, 0.1) is 17.3 Å². The van der Waals surface area contributed by atoms with Gasteiger partial charge in [-0.2, -0.15) is 0 Å². The summed E-state index contributed by atoms with van der Waals surface area (Å²) in [6.45, 7) is 5.12. The van der Waals surface area contributed by atoms with Gasteiger partial charge in [-0.1, -0.05) is 13.0 Å². The Balaban J connectivity index is 1.68. The molecule has 0 aliphatic heterocycles. The van der Waals surface area contributed by atoms with Crippen molar-refractivity contribution in [1.29, 1.82) is 0 Å². The van der Waals surface area contributed by atoms with Crippen molar-refractivity contribution in [3.05, 3.63) is 29.3 Å². The number of hydrogen-bond donors (Lipinski definition) is 0. The summed E-state index contributed by atoms with van der Waals surface area (Å²) in [6, 6.07) is 6.83. The summed E-state index contributed by atoms with van der Waals surface area (Å²) >= 11 is 0. The fourth-order valence-electron chi connectivity index (χ4n) is 6.66. The van der Waals surface area contributed by atoms with Crippen LogP contribution in [0.3, 0.4) is 0 Å². The number of nitrogens with zero attached hydrogens (tertiary/aromatic N) is 1. The first-order chi connectivity index (χ1) is 11.4. The van der Waals surface area contributed by atoms with Crippen LogP contribution in [0.1, 0.15) is 63.0 Å². The third kappa shape index (κ3) is 2.05. The molecule has 4 rings (SSSR count). The summed E-state index contributed by atoms with van der Waals surface area (Å²) in [5.74, 6) is 3.57. The van der Waals surface area contributed by atoms with Crippen molar-refractivity contribution in [2.75, 3.05) is 21.2 Å². The van der Waals surface area contributed by atoms with Crippen molar-refractivity contribution in [3.8, 4) is 5.75 Å². The molecule has 3 aliphatic carbocycles. The summed E-state index contributed by atoms with van der Waals surface area (Å²) in [6.07, 6.45) is 8.12. The first-order valence-electron chi connectivity index (χ1n) is 9.75. The van der Waals surface area contributed by atoms with Crippen LogP contribution in [-0.4, -0.2) is 31.6 Å². The van der Waals surface area contributed by atoms with Crippen LogP contribution in [-0.2, 0) is 6.42 Å². The minimum absolute atomic E-state index is 0.364. The molecule has 0 N–H and O–H groups in total. The van der Waals surface area contributed by atoms with Crippen molar-refractivity contribution >= 4 is 0 Å². The maximum absolute atomic E-state index is 5.45. The van der Waals surface area contributed by atoms with Gasteiger partial charge in [0.1, 0.15) is 5.75 Å². The predicted octanol–water partition coefficient (Wildman–Crippen LogP) is 4.87. The molecule has 5 atom stereocenters. The van der Waals surface area contributed by atoms with Gasteiger partial charge in [0.2, 0.25) is 0 Å². The van der Waals surface area contributed by atoms with E-state index in [1.807, 2.05) is 0 Å². The van der Waals surface area contributed by atoms with Crippen LogP contribution in [0.5, 0.6) is 5.75 Å². The fraction of sp³-hybridized carbons (Fsp3) is 0.727. The molecular weight excluding hydrogens is 294 g/mol. The molecule has 132 valence electrons. The second kappa shape index (κ2) is 5.49. The van der Waals surface area contributed by atoms with E-state index in [1.54, 1.807) is 18.2 Å². The molecule has 0 saturated heterocycles. The minimum atomic E-state index is 0.364. The zero-order chi connectivity index (χ0) is 17.1. The number of rotatable bonds is 2. The molecule has 0 amide bonds. The highest BCUT2D eigenvalue weighted by Gasteiger charge is 2.60. The van der Waals surface area contributed by atoms with Crippen molar-refractivity contribution in [2.45, 2.75) is 63.8 Å². The summed E-state index contributed by atoms with van der Waals surface area (Å²) in [5, 5.41) is 0. The number of fused-ring (bicyclic) bond motifs is 5. The van der Waals surface area contributed by atoms with Gasteiger partial charge in [0.25, 0.3) is 0 Å². The van der Waals surface area contributed by atoms with Gasteiger partial charge in [-0.3, -0.25) is 0 Å². The van der Waals surface area contributed by atoms with Gasteiger partial charge in [-0.05, 0) is 106 Å². The van der Waals surface area contributed by atoms with E-state index in [9.17, 15) is 0 Å². The molecule has 0 heterocycles. The Hall–Kier alpha value is -1.02. The largest absolute Gasteiger partial charge is 0.497 e. The van der Waals surface area contributed by atoms with Gasteiger partial charge < -0.3 is 9.64 Å². The SMILES string of the molecule is COc1ccc2c(c1)CC[C@H]1[C@H]2CC[C@]2(C)[C@H]1CC[C@@]2(C)N(C)C. The lowest BCUT2D eigenvalue weighted by Gasteiger charge is -2.56. The van der Waals surface area contributed by atoms with Crippen molar-refractivity contribution in [1.82, 2.24) is 4.90 Å². The second-order valence-corrected chi connectivity index (χ2v) is 9.14. The van der Waals surface area contributed by atoms with Crippen LogP contribution in [0.2, 0.25) is 0 Å². The molecule has 1 aromatic carbocycles. The zero-order valence-electron chi connectivity index (χ0n) is 16.1. The topological polar surface area (TPSA) is 12.5 Å². The van der Waals surface area contributed by atoms with E-state index in [1.165, 1.54) is 38.5 Å². The predicted molar refractivity (Wildman–Crippen MR) is 99.7 cm³/mol. The Morgan fingerprint density at radius 3 is 2.58 bits per heavy atom. The maximum Gasteiger partial charge on any atom is 0.119 e. The number of methoxy groups -OCH3 is 1. The van der Waals surface area contributed by atoms with Crippen LogP contribution < -0.4 is 4.74 Å². The Labute approximate surface area is 147 Å². The highest BCUT2D eigenvalue weighted by molar-refractivity contribution is 5.41. The van der Waals surface area contributed by atoms with Crippen LogP contribution >= 0.6 is 0 Å². The van der Waals surface area contributed by atoms with Crippen LogP contribution in [0.4, 0.5) is 0 Å². The molecule has 2 nitrogen and oxygen atoms in total. The highest BCUT2D eigenvalue weighted by atomic mass is 16.5. The van der Waals surface area contributed by atoms with Gasteiger partial charge in [0.15, 0.2) is 0 Å². The Bertz CT molecular complexity index is 639. The van der Waals surface area contributed by atoms with Gasteiger partial charge in [0.05, 0.1) is 7.11 Å². The normalized spacial score (nSPS) is 40.8. The number of ether oxygens (including phenoxy) is 1. The van der Waals surface area contributed by atoms with Crippen LogP contribution in [0.15, 0.2) is 18.2 Å². The van der Waals surface area contributed by atoms with Gasteiger partial charge in [-0.25, -0.2) is 0 Å². The molecule has 0 radical (unpaired) electrons. The maximum atomic E-state index is 5.45. The van der Waals surface area contributed by atoms with E-state index in [2.05, 4.69) is 51.0 Å². The van der Waals surface area contributed by atoms with Crippen molar-refractivity contribution in [2.24, 2.45) is 17.3 Å². The molecule has 1 aromatic rings. The molecule has 2 fully saturated rings. The van der Waals surface area contributed by atoms with Gasteiger partial charge in [-0.15, -0.1) is 0 Å². The monoisotopic (exact) mass is 327 g/mol. The lowest BCUT2D eigenvalue weighted by molar-refractivity contribution is -0.0364. The van der Waals surface area contributed by atoms with Crippen LogP contribution in [0.25, 0.3) is 0 Å². The minimum Gasteiger partial charge on any atom is -0.497 e. The molecule has 0 spiro atoms. The van der Waals surface area contributed by atoms with E-state index in [0.29, 0.717) is 11.0 Å². The summed E-state index contributed by atoms with van der Waals surface area (Å²) in [4.78, 5) is 2.52. The van der Waals surface area contributed by atoms with E-state index in [0.717, 1.165) is 23.5 Å². The molecule has 2 saturated carbocycles. The highest BCUT2D eigenvalue weighted by Crippen LogP contribution is 2.65. The zero-order valence-corrected chi connectivity index (χ0v) is 16.1. The number of hydrogen-bond acceptors (Lipinski definition) is 2. The standard InChI is InChI=1S/C22H33NO/c1-21-12-10-18-17-9-7-16(24-5)14-15(17)6-8-19(18)20(21)11-13-22(21,2)23(3)4/h7,9,14,18-20H,6,8,10-13H2,1-5H3/t18-,19-,20-,21+,22+/m0/s1. The summed E-state index contributed by atoms with van der Waals surface area (Å²) < 4.78 is 5.45. The molecule has 0 aromatic heterocycles. The van der Waals surface area contributed by atoms with Gasteiger partial charge >= 0.3 is 0 Å². The van der Waals surface area contributed by atoms with Crippen molar-refractivity contribution < 1.29 is 4.74 Å². The lowest BCUT2D eigenvalue weighted by Crippen LogP contribution is -2.55. The second-order valence-electron chi connectivity index (χ2n) is 9.14. The van der Waals surface area contributed by atoms with E-state index < -0.39 is 0 Å². The summed E-state index contributed by atoms with van der Waals surface area (Å²) in [7, 11) is 6.37. The Morgan fingerprint density at radius 2 is 1.88 bits per heavy atom. The quantitative estimate of drug-likeness (QED) is 0.768. The molecular formula is C22H33NO. The average Bonchev–Trinajstić information content (AvgIpc) is 2.87. The third-order valence-corrected chi connectivity index (χ3v) is 8.48. The Morgan fingerprint density at radius 1 is 1.08 bits per heavy atom. The van der Waals surface area contributed by atoms with Crippen molar-refractivity contribution in [3.63, 3.8) is 0 Å². The van der Waals surface area contributed by atoms with E-state index in [4.69, 9.17) is 4.74 Å². The fourth-order valence-corrected chi connectivity index (χ4v) is 6.66. The molecule has 0 unspecified atom stereocenters. The van der Waals surface area contributed by atoms with Gasteiger partial charge in [0, 0.05) is 5.54 Å². The van der Waals surface area contributed by atoms with E-state index >= 15 is 0 Å². The average molecular weight is 328 g/mol. The number of benzene rings is 1. The van der Waals surface area contributed by atoms with E-state index in [-0.39, 0.29) is 0 Å².